The van der Waals surface area contributed by atoms with E-state index in [-0.39, 0.29) is 6.03 Å². The molecule has 0 atom stereocenters. The maximum absolute atomic E-state index is 12.0. The second kappa shape index (κ2) is 10.7. The molecule has 3 aromatic rings. The third-order valence-corrected chi connectivity index (χ3v) is 4.12. The SMILES string of the molecule is O=C(NCCNCc1ccccc1)Nc1ccc(OCc2ccccc2)cc1. The molecule has 0 fully saturated rings. The second-order valence-electron chi connectivity index (χ2n) is 6.34. The van der Waals surface area contributed by atoms with Crippen LogP contribution in [0.4, 0.5) is 10.5 Å². The summed E-state index contributed by atoms with van der Waals surface area (Å²) < 4.78 is 5.74. The molecular formula is C23H25N3O2. The van der Waals surface area contributed by atoms with E-state index >= 15 is 0 Å². The van der Waals surface area contributed by atoms with Gasteiger partial charge < -0.3 is 20.7 Å². The number of rotatable bonds is 9. The molecule has 0 saturated carbocycles. The Kier molecular flexibility index (Phi) is 7.46. The van der Waals surface area contributed by atoms with E-state index in [9.17, 15) is 4.79 Å². The van der Waals surface area contributed by atoms with Gasteiger partial charge >= 0.3 is 6.03 Å². The van der Waals surface area contributed by atoms with Crippen molar-refractivity contribution in [3.63, 3.8) is 0 Å². The van der Waals surface area contributed by atoms with Gasteiger partial charge in [0.05, 0.1) is 0 Å². The minimum atomic E-state index is -0.223. The average molecular weight is 375 g/mol. The summed E-state index contributed by atoms with van der Waals surface area (Å²) in [5.74, 6) is 0.764. The number of ether oxygens (including phenoxy) is 1. The lowest BCUT2D eigenvalue weighted by Crippen LogP contribution is -2.34. The summed E-state index contributed by atoms with van der Waals surface area (Å²) in [7, 11) is 0. The molecule has 2 amide bonds. The average Bonchev–Trinajstić information content (AvgIpc) is 2.74. The van der Waals surface area contributed by atoms with Crippen molar-refractivity contribution in [2.45, 2.75) is 13.2 Å². The molecule has 5 heteroatoms. The molecule has 0 aliphatic carbocycles. The highest BCUT2D eigenvalue weighted by Crippen LogP contribution is 2.17. The minimum Gasteiger partial charge on any atom is -0.489 e. The van der Waals surface area contributed by atoms with Crippen LogP contribution >= 0.6 is 0 Å². The van der Waals surface area contributed by atoms with Crippen LogP contribution in [-0.2, 0) is 13.2 Å². The van der Waals surface area contributed by atoms with Crippen molar-refractivity contribution in [1.29, 1.82) is 0 Å². The smallest absolute Gasteiger partial charge is 0.319 e. The zero-order valence-electron chi connectivity index (χ0n) is 15.7. The number of benzene rings is 3. The molecule has 0 radical (unpaired) electrons. The van der Waals surface area contributed by atoms with Gasteiger partial charge in [0, 0.05) is 25.3 Å². The normalized spacial score (nSPS) is 10.3. The quantitative estimate of drug-likeness (QED) is 0.492. The highest BCUT2D eigenvalue weighted by atomic mass is 16.5. The number of amides is 2. The fraction of sp³-hybridized carbons (Fsp3) is 0.174. The molecule has 0 spiro atoms. The molecule has 28 heavy (non-hydrogen) atoms. The topological polar surface area (TPSA) is 62.4 Å². The van der Waals surface area contributed by atoms with Crippen molar-refractivity contribution >= 4 is 11.7 Å². The van der Waals surface area contributed by atoms with Crippen molar-refractivity contribution in [2.24, 2.45) is 0 Å². The van der Waals surface area contributed by atoms with E-state index in [1.165, 1.54) is 5.56 Å². The van der Waals surface area contributed by atoms with E-state index in [2.05, 4.69) is 28.1 Å². The van der Waals surface area contributed by atoms with Crippen LogP contribution in [0.5, 0.6) is 5.75 Å². The van der Waals surface area contributed by atoms with Gasteiger partial charge in [0.2, 0.25) is 0 Å². The van der Waals surface area contributed by atoms with Crippen molar-refractivity contribution in [3.8, 4) is 5.75 Å². The Morgan fingerprint density at radius 1 is 0.750 bits per heavy atom. The lowest BCUT2D eigenvalue weighted by atomic mass is 10.2. The number of hydrogen-bond donors (Lipinski definition) is 3. The van der Waals surface area contributed by atoms with Gasteiger partial charge in [0.25, 0.3) is 0 Å². The zero-order valence-corrected chi connectivity index (χ0v) is 15.7. The van der Waals surface area contributed by atoms with Crippen molar-refractivity contribution < 1.29 is 9.53 Å². The van der Waals surface area contributed by atoms with Gasteiger partial charge in [-0.25, -0.2) is 4.79 Å². The number of hydrogen-bond acceptors (Lipinski definition) is 3. The van der Waals surface area contributed by atoms with E-state index in [0.29, 0.717) is 19.7 Å². The summed E-state index contributed by atoms with van der Waals surface area (Å²) in [6.45, 7) is 2.56. The highest BCUT2D eigenvalue weighted by Gasteiger charge is 2.02. The molecule has 144 valence electrons. The highest BCUT2D eigenvalue weighted by molar-refractivity contribution is 5.89. The Morgan fingerprint density at radius 2 is 1.39 bits per heavy atom. The second-order valence-corrected chi connectivity index (χ2v) is 6.34. The minimum absolute atomic E-state index is 0.223. The summed E-state index contributed by atoms with van der Waals surface area (Å²) in [6, 6.07) is 27.3. The van der Waals surface area contributed by atoms with E-state index in [1.807, 2.05) is 72.8 Å². The van der Waals surface area contributed by atoms with Crippen LogP contribution in [0.25, 0.3) is 0 Å². The molecule has 3 N–H and O–H groups in total. The summed E-state index contributed by atoms with van der Waals surface area (Å²) in [6.07, 6.45) is 0. The predicted octanol–water partition coefficient (Wildman–Crippen LogP) is 4.18. The zero-order chi connectivity index (χ0) is 19.4. The first-order chi connectivity index (χ1) is 13.8. The number of carbonyl (C=O) groups is 1. The summed E-state index contributed by atoms with van der Waals surface area (Å²) >= 11 is 0. The maximum Gasteiger partial charge on any atom is 0.319 e. The Hall–Kier alpha value is -3.31. The van der Waals surface area contributed by atoms with Crippen LogP contribution in [0.1, 0.15) is 11.1 Å². The number of anilines is 1. The van der Waals surface area contributed by atoms with Gasteiger partial charge in [0.15, 0.2) is 0 Å². The Labute approximate surface area is 165 Å². The summed E-state index contributed by atoms with van der Waals surface area (Å²) in [5, 5.41) is 8.95. The van der Waals surface area contributed by atoms with Gasteiger partial charge in [-0.05, 0) is 35.4 Å². The van der Waals surface area contributed by atoms with Gasteiger partial charge in [-0.15, -0.1) is 0 Å². The van der Waals surface area contributed by atoms with Crippen LogP contribution in [0, 0.1) is 0 Å². The molecular weight excluding hydrogens is 350 g/mol. The molecule has 0 bridgehead atoms. The van der Waals surface area contributed by atoms with Crippen molar-refractivity contribution in [1.82, 2.24) is 10.6 Å². The Bertz CT molecular complexity index is 837. The third kappa shape index (κ3) is 6.78. The molecule has 0 aliphatic heterocycles. The van der Waals surface area contributed by atoms with Gasteiger partial charge in [-0.1, -0.05) is 60.7 Å². The standard InChI is InChI=1S/C23H25N3O2/c27-23(25-16-15-24-17-19-7-3-1-4-8-19)26-21-11-13-22(14-12-21)28-18-20-9-5-2-6-10-20/h1-14,24H,15-18H2,(H2,25,26,27). The predicted molar refractivity (Wildman–Crippen MR) is 112 cm³/mol. The number of nitrogens with one attached hydrogen (secondary N) is 3. The molecule has 0 saturated heterocycles. The monoisotopic (exact) mass is 375 g/mol. The van der Waals surface area contributed by atoms with Crippen molar-refractivity contribution in [2.75, 3.05) is 18.4 Å². The van der Waals surface area contributed by atoms with E-state index < -0.39 is 0 Å². The number of carbonyl (C=O) groups excluding carboxylic acids is 1. The number of urea groups is 1. The molecule has 5 nitrogen and oxygen atoms in total. The first kappa shape index (κ1) is 19.5. The summed E-state index contributed by atoms with van der Waals surface area (Å²) in [4.78, 5) is 12.0. The fourth-order valence-electron chi connectivity index (χ4n) is 2.64. The van der Waals surface area contributed by atoms with Crippen molar-refractivity contribution in [3.05, 3.63) is 96.1 Å². The third-order valence-electron chi connectivity index (χ3n) is 4.12. The van der Waals surface area contributed by atoms with Gasteiger partial charge in [0.1, 0.15) is 12.4 Å². The summed E-state index contributed by atoms with van der Waals surface area (Å²) in [5.41, 5.74) is 3.06. The van der Waals surface area contributed by atoms with Gasteiger partial charge in [-0.2, -0.15) is 0 Å². The lowest BCUT2D eigenvalue weighted by molar-refractivity contribution is 0.252. The molecule has 0 aromatic heterocycles. The molecule has 0 heterocycles. The van der Waals surface area contributed by atoms with Gasteiger partial charge in [-0.3, -0.25) is 0 Å². The molecule has 0 unspecified atom stereocenters. The van der Waals surface area contributed by atoms with E-state index in [1.54, 1.807) is 0 Å². The maximum atomic E-state index is 12.0. The van der Waals surface area contributed by atoms with Crippen LogP contribution in [0.3, 0.4) is 0 Å². The lowest BCUT2D eigenvalue weighted by Gasteiger charge is -2.10. The fourth-order valence-corrected chi connectivity index (χ4v) is 2.64. The van der Waals surface area contributed by atoms with Crippen LogP contribution < -0.4 is 20.7 Å². The first-order valence-electron chi connectivity index (χ1n) is 9.36. The first-order valence-corrected chi connectivity index (χ1v) is 9.36. The van der Waals surface area contributed by atoms with Crippen LogP contribution in [0.2, 0.25) is 0 Å². The van der Waals surface area contributed by atoms with E-state index in [0.717, 1.165) is 23.5 Å². The molecule has 3 aromatic carbocycles. The van der Waals surface area contributed by atoms with E-state index in [4.69, 9.17) is 4.74 Å². The Balaban J connectivity index is 1.32. The Morgan fingerprint density at radius 3 is 2.07 bits per heavy atom. The molecule has 3 rings (SSSR count). The van der Waals surface area contributed by atoms with Crippen LogP contribution in [0.15, 0.2) is 84.9 Å². The molecule has 0 aliphatic rings. The largest absolute Gasteiger partial charge is 0.489 e. The van der Waals surface area contributed by atoms with Crippen LogP contribution in [-0.4, -0.2) is 19.1 Å².